The molecule has 9 heteroatoms. The van der Waals surface area contributed by atoms with Crippen LogP contribution in [0.1, 0.15) is 6.92 Å². The largest absolute Gasteiger partial charge is 0.402 e. The van der Waals surface area contributed by atoms with E-state index in [1.165, 1.54) is 11.6 Å². The van der Waals surface area contributed by atoms with Gasteiger partial charge in [0, 0.05) is 6.54 Å². The first-order valence-corrected chi connectivity index (χ1v) is 5.35. The van der Waals surface area contributed by atoms with Gasteiger partial charge < -0.3 is 0 Å². The van der Waals surface area contributed by atoms with Gasteiger partial charge in [-0.2, -0.15) is 35.9 Å². The minimum absolute atomic E-state index is 0.0687. The molecule has 1 N–H and O–H groups in total. The fourth-order valence-electron chi connectivity index (χ4n) is 0.710. The zero-order chi connectivity index (χ0) is 12.1. The summed E-state index contributed by atoms with van der Waals surface area (Å²) in [6, 6.07) is 1.55. The van der Waals surface area contributed by atoms with E-state index in [9.17, 15) is 21.6 Å². The van der Waals surface area contributed by atoms with Gasteiger partial charge in [-0.3, -0.25) is 0 Å². The number of hydrogen-bond acceptors (Lipinski definition) is 3. The van der Waals surface area contributed by atoms with Crippen LogP contribution in [0.4, 0.5) is 13.2 Å². The molecule has 0 atom stereocenters. The van der Waals surface area contributed by atoms with Crippen molar-refractivity contribution >= 4 is 10.2 Å². The van der Waals surface area contributed by atoms with Crippen molar-refractivity contribution in [3.63, 3.8) is 0 Å². The topological polar surface area (TPSA) is 73.2 Å². The molecule has 88 valence electrons. The second kappa shape index (κ2) is 5.29. The molecule has 5 nitrogen and oxygen atoms in total. The first-order chi connectivity index (χ1) is 6.73. The average molecular weight is 245 g/mol. The maximum Gasteiger partial charge on any atom is 0.402 e. The van der Waals surface area contributed by atoms with Crippen molar-refractivity contribution < 1.29 is 21.6 Å². The lowest BCUT2D eigenvalue weighted by molar-refractivity contribution is -0.121. The normalized spacial score (nSPS) is 12.8. The molecule has 0 aliphatic rings. The summed E-state index contributed by atoms with van der Waals surface area (Å²) >= 11 is 0. The van der Waals surface area contributed by atoms with Crippen molar-refractivity contribution in [2.24, 2.45) is 0 Å². The fourth-order valence-corrected chi connectivity index (χ4v) is 1.81. The van der Waals surface area contributed by atoms with Gasteiger partial charge in [0.25, 0.3) is 10.2 Å². The molecule has 0 aromatic carbocycles. The molecule has 15 heavy (non-hydrogen) atoms. The van der Waals surface area contributed by atoms with E-state index >= 15 is 0 Å². The van der Waals surface area contributed by atoms with Gasteiger partial charge in [0.15, 0.2) is 0 Å². The quantitative estimate of drug-likeness (QED) is 0.704. The van der Waals surface area contributed by atoms with Crippen LogP contribution in [0.25, 0.3) is 0 Å². The summed E-state index contributed by atoms with van der Waals surface area (Å²) in [5.74, 6) is 0. The molecular weight excluding hydrogens is 235 g/mol. The van der Waals surface area contributed by atoms with Crippen LogP contribution < -0.4 is 4.72 Å². The van der Waals surface area contributed by atoms with E-state index in [4.69, 9.17) is 5.26 Å². The van der Waals surface area contributed by atoms with Crippen LogP contribution in [0, 0.1) is 11.3 Å². The van der Waals surface area contributed by atoms with Crippen molar-refractivity contribution in [3.8, 4) is 6.07 Å². The SMILES string of the molecule is CCN(CC#N)S(=O)(=O)NCC(F)(F)F. The third-order valence-corrected chi connectivity index (χ3v) is 2.97. The van der Waals surface area contributed by atoms with Gasteiger partial charge in [-0.1, -0.05) is 6.92 Å². The molecule has 0 aliphatic carbocycles. The van der Waals surface area contributed by atoms with E-state index < -0.39 is 29.5 Å². The summed E-state index contributed by atoms with van der Waals surface area (Å²) < 4.78 is 59.5. The van der Waals surface area contributed by atoms with Crippen molar-refractivity contribution in [1.29, 1.82) is 5.26 Å². The molecule has 0 bridgehead atoms. The van der Waals surface area contributed by atoms with Crippen LogP contribution in [-0.2, 0) is 10.2 Å². The highest BCUT2D eigenvalue weighted by atomic mass is 32.2. The van der Waals surface area contributed by atoms with Gasteiger partial charge in [0.05, 0.1) is 6.07 Å². The van der Waals surface area contributed by atoms with Gasteiger partial charge in [-0.15, -0.1) is 0 Å². The Bertz CT molecular complexity index is 333. The summed E-state index contributed by atoms with van der Waals surface area (Å²) in [6.45, 7) is -0.772. The molecule has 0 amide bonds. The zero-order valence-electron chi connectivity index (χ0n) is 7.87. The highest BCUT2D eigenvalue weighted by molar-refractivity contribution is 7.87. The Morgan fingerprint density at radius 3 is 2.33 bits per heavy atom. The van der Waals surface area contributed by atoms with Gasteiger partial charge in [-0.25, -0.2) is 0 Å². The third-order valence-electron chi connectivity index (χ3n) is 1.39. The predicted molar refractivity (Wildman–Crippen MR) is 45.8 cm³/mol. The standard InChI is InChI=1S/C6H10F3N3O2S/c1-2-12(4-3-10)15(13,14)11-5-6(7,8)9/h11H,2,4-5H2,1H3. The molecule has 0 rings (SSSR count). The minimum atomic E-state index is -4.61. The number of hydrogen-bond donors (Lipinski definition) is 1. The van der Waals surface area contributed by atoms with E-state index in [1.54, 1.807) is 6.07 Å². The van der Waals surface area contributed by atoms with Gasteiger partial charge in [0.1, 0.15) is 13.1 Å². The molecular formula is C6H10F3N3O2S. The summed E-state index contributed by atoms with van der Waals surface area (Å²) in [6.07, 6.45) is -4.61. The molecule has 0 heterocycles. The van der Waals surface area contributed by atoms with E-state index in [0.29, 0.717) is 4.31 Å². The first-order valence-electron chi connectivity index (χ1n) is 3.91. The van der Waals surface area contributed by atoms with Gasteiger partial charge >= 0.3 is 6.18 Å². The van der Waals surface area contributed by atoms with Crippen LogP contribution in [0.15, 0.2) is 0 Å². The van der Waals surface area contributed by atoms with Crippen molar-refractivity contribution in [1.82, 2.24) is 9.03 Å². The Labute approximate surface area is 85.7 Å². The van der Waals surface area contributed by atoms with Crippen molar-refractivity contribution in [2.75, 3.05) is 19.6 Å². The molecule has 0 unspecified atom stereocenters. The number of nitrogens with one attached hydrogen (secondary N) is 1. The predicted octanol–water partition coefficient (Wildman–Crippen LogP) is 0.229. The Morgan fingerprint density at radius 1 is 1.47 bits per heavy atom. The number of halogens is 3. The zero-order valence-corrected chi connectivity index (χ0v) is 8.69. The minimum Gasteiger partial charge on any atom is -0.197 e. The number of alkyl halides is 3. The maximum absolute atomic E-state index is 11.7. The summed E-state index contributed by atoms with van der Waals surface area (Å²) in [5.41, 5.74) is 0. The summed E-state index contributed by atoms with van der Waals surface area (Å²) in [4.78, 5) is 0. The molecule has 0 aromatic rings. The molecule has 0 fully saturated rings. The molecule has 0 aromatic heterocycles. The number of nitriles is 1. The molecule has 0 aliphatic heterocycles. The Balaban J connectivity index is 4.48. The smallest absolute Gasteiger partial charge is 0.197 e. The van der Waals surface area contributed by atoms with Crippen LogP contribution in [0.3, 0.4) is 0 Å². The summed E-state index contributed by atoms with van der Waals surface area (Å²) in [5, 5.41) is 8.25. The molecule has 0 saturated heterocycles. The number of nitrogens with zero attached hydrogens (tertiary/aromatic N) is 2. The van der Waals surface area contributed by atoms with Crippen molar-refractivity contribution in [2.45, 2.75) is 13.1 Å². The van der Waals surface area contributed by atoms with Crippen LogP contribution in [0.5, 0.6) is 0 Å². The van der Waals surface area contributed by atoms with E-state index in [1.807, 2.05) is 0 Å². The van der Waals surface area contributed by atoms with E-state index in [0.717, 1.165) is 0 Å². The third kappa shape index (κ3) is 5.56. The lowest BCUT2D eigenvalue weighted by Gasteiger charge is -2.18. The molecule has 0 radical (unpaired) electrons. The Morgan fingerprint density at radius 2 is 2.00 bits per heavy atom. The molecule has 0 spiro atoms. The lowest BCUT2D eigenvalue weighted by Crippen LogP contribution is -2.44. The highest BCUT2D eigenvalue weighted by Crippen LogP contribution is 2.13. The second-order valence-corrected chi connectivity index (χ2v) is 4.28. The maximum atomic E-state index is 11.7. The van der Waals surface area contributed by atoms with Crippen molar-refractivity contribution in [3.05, 3.63) is 0 Å². The monoisotopic (exact) mass is 245 g/mol. The second-order valence-electron chi connectivity index (χ2n) is 2.53. The van der Waals surface area contributed by atoms with Crippen LogP contribution in [0.2, 0.25) is 0 Å². The average Bonchev–Trinajstić information content (AvgIpc) is 2.10. The van der Waals surface area contributed by atoms with E-state index in [-0.39, 0.29) is 6.54 Å². The van der Waals surface area contributed by atoms with E-state index in [2.05, 4.69) is 0 Å². The first kappa shape index (κ1) is 14.2. The van der Waals surface area contributed by atoms with Crippen LogP contribution in [-0.4, -0.2) is 38.5 Å². The summed E-state index contributed by atoms with van der Waals surface area (Å²) in [7, 11) is -4.23. The Hall–Kier alpha value is -0.850. The molecule has 0 saturated carbocycles. The Kier molecular flexibility index (Phi) is 4.99. The van der Waals surface area contributed by atoms with Gasteiger partial charge in [-0.05, 0) is 0 Å². The fraction of sp³-hybridized carbons (Fsp3) is 0.833. The van der Waals surface area contributed by atoms with Crippen LogP contribution >= 0.6 is 0 Å². The van der Waals surface area contributed by atoms with Gasteiger partial charge in [0.2, 0.25) is 0 Å². The highest BCUT2D eigenvalue weighted by Gasteiger charge is 2.31. The number of rotatable bonds is 5. The lowest BCUT2D eigenvalue weighted by atomic mass is 10.6.